The Morgan fingerprint density at radius 1 is 0.468 bits per heavy atom. The van der Waals surface area contributed by atoms with E-state index >= 15 is 9.59 Å². The van der Waals surface area contributed by atoms with E-state index in [4.69, 9.17) is 9.47 Å². The van der Waals surface area contributed by atoms with E-state index in [9.17, 15) is 10.2 Å². The fraction of sp³-hybridized carbons (Fsp3) is 0.449. The van der Waals surface area contributed by atoms with Crippen LogP contribution in [0.5, 0.6) is 34.5 Å². The van der Waals surface area contributed by atoms with Gasteiger partial charge >= 0.3 is 0 Å². The molecule has 9 rings (SSSR count). The van der Waals surface area contributed by atoms with E-state index in [1.807, 2.05) is 67.6 Å². The van der Waals surface area contributed by atoms with Crippen LogP contribution in [0.25, 0.3) is 0 Å². The van der Waals surface area contributed by atoms with Crippen molar-refractivity contribution in [3.63, 3.8) is 0 Å². The average Bonchev–Trinajstić information content (AvgIpc) is 3.48. The number of nitrogens with one attached hydrogen (secondary N) is 2. The van der Waals surface area contributed by atoms with E-state index in [2.05, 4.69) is 67.8 Å². The highest BCUT2D eigenvalue weighted by molar-refractivity contribution is 6.34. The summed E-state index contributed by atoms with van der Waals surface area (Å²) in [6.07, 6.45) is 28.8. The number of anilines is 4. The molecule has 0 radical (unpaired) electrons. The molecular weight excluding hydrogens is 953 g/mol. The molecule has 3 aliphatic rings. The molecule has 406 valence electrons. The fourth-order valence-electron chi connectivity index (χ4n) is 12.5. The van der Waals surface area contributed by atoms with Crippen LogP contribution >= 0.6 is 0 Å². The summed E-state index contributed by atoms with van der Waals surface area (Å²) in [5.74, 6) is 1.45. The monoisotopic (exact) mass is 1040 g/mol. The molecule has 0 bridgehead atoms. The summed E-state index contributed by atoms with van der Waals surface area (Å²) < 4.78 is 13.0. The molecule has 0 atom stereocenters. The van der Waals surface area contributed by atoms with Gasteiger partial charge in [-0.1, -0.05) is 159 Å². The zero-order chi connectivity index (χ0) is 53.7. The van der Waals surface area contributed by atoms with Crippen molar-refractivity contribution < 1.29 is 29.3 Å². The molecule has 2 saturated carbocycles. The third-order valence-electron chi connectivity index (χ3n) is 17.2. The van der Waals surface area contributed by atoms with Crippen LogP contribution in [0.3, 0.4) is 0 Å². The number of aromatic hydroxyl groups is 2. The number of fused-ring (bicyclic) bond motifs is 2. The van der Waals surface area contributed by atoms with Crippen molar-refractivity contribution in [2.24, 2.45) is 11.8 Å². The van der Waals surface area contributed by atoms with Gasteiger partial charge in [0.2, 0.25) is 11.6 Å². The van der Waals surface area contributed by atoms with Gasteiger partial charge in [0, 0.05) is 23.5 Å². The number of aryl methyl sites for hydroxylation is 2. The molecule has 0 spiro atoms. The maximum atomic E-state index is 15.4. The van der Waals surface area contributed by atoms with E-state index in [0.717, 1.165) is 36.7 Å². The van der Waals surface area contributed by atoms with Crippen LogP contribution in [0.1, 0.15) is 228 Å². The Morgan fingerprint density at radius 2 is 0.909 bits per heavy atom. The van der Waals surface area contributed by atoms with Gasteiger partial charge in [-0.15, -0.1) is 0 Å². The summed E-state index contributed by atoms with van der Waals surface area (Å²) >= 11 is 0. The minimum atomic E-state index is -0.643. The standard InChI is InChI=1S/C69H84N2O6/c1-5-8-11-13-15-21-48-24-30-50(31-25-48)52-34-40-55(41-35-52)76-60-44-58(70-54-38-28-47(29-39-54)20-10-7-3)62-64(66(60)72)69(75)63-59(71-57-23-18-17-19-46(57)4)45-61(67(73)65(63)68(62)74)77-56-42-36-53(37-43-56)51-32-26-49(27-33-51)22-16-14-12-9-6-2/h17-19,23,28-29,34-45,48-51,70-73H,5-16,20-22,24-27,30-33H2,1-4H3. The molecule has 0 amide bonds. The highest BCUT2D eigenvalue weighted by Gasteiger charge is 2.41. The number of hydrogen-bond donors (Lipinski definition) is 4. The van der Waals surface area contributed by atoms with Crippen molar-refractivity contribution in [3.05, 3.63) is 154 Å². The first-order chi connectivity index (χ1) is 37.6. The number of para-hydroxylation sites is 1. The molecule has 0 aromatic heterocycles. The number of ether oxygens (including phenoxy) is 2. The predicted molar refractivity (Wildman–Crippen MR) is 315 cm³/mol. The van der Waals surface area contributed by atoms with Crippen molar-refractivity contribution in [1.29, 1.82) is 0 Å². The molecule has 2 fully saturated rings. The van der Waals surface area contributed by atoms with Gasteiger partial charge in [-0.25, -0.2) is 0 Å². The number of phenolic OH excluding ortho intramolecular Hbond substituents is 2. The first kappa shape index (κ1) is 55.2. The van der Waals surface area contributed by atoms with Crippen molar-refractivity contribution in [3.8, 4) is 34.5 Å². The van der Waals surface area contributed by atoms with Crippen molar-refractivity contribution in [2.75, 3.05) is 10.6 Å². The normalized spacial score (nSPS) is 18.1. The number of hydrogen-bond acceptors (Lipinski definition) is 8. The Hall–Kier alpha value is -6.54. The van der Waals surface area contributed by atoms with E-state index in [1.54, 1.807) is 12.1 Å². The summed E-state index contributed by atoms with van der Waals surface area (Å²) in [6, 6.07) is 35.0. The highest BCUT2D eigenvalue weighted by Crippen LogP contribution is 2.51. The van der Waals surface area contributed by atoms with Crippen LogP contribution in [0, 0.1) is 18.8 Å². The third-order valence-corrected chi connectivity index (χ3v) is 17.2. The highest BCUT2D eigenvalue weighted by atomic mass is 16.5. The minimum Gasteiger partial charge on any atom is -0.504 e. The van der Waals surface area contributed by atoms with Crippen LogP contribution in [0.2, 0.25) is 0 Å². The molecule has 6 aromatic rings. The van der Waals surface area contributed by atoms with E-state index < -0.39 is 23.1 Å². The minimum absolute atomic E-state index is 0.0206. The summed E-state index contributed by atoms with van der Waals surface area (Å²) in [5.41, 5.74) is 5.98. The first-order valence-electron chi connectivity index (χ1n) is 29.8. The average molecular weight is 1040 g/mol. The largest absolute Gasteiger partial charge is 0.504 e. The summed E-state index contributed by atoms with van der Waals surface area (Å²) in [7, 11) is 0. The SMILES string of the molecule is CCCCCCCC1CCC(c2ccc(Oc3cc(Nc4ccc(CCCC)cc4)c4c(c3O)C(=O)c3c(Nc5ccccc5C)cc(Oc5ccc(C6CCC(CCCCCCC)CC6)cc5)c(O)c3C4=O)cc2)CC1. The second-order valence-corrected chi connectivity index (χ2v) is 22.7. The maximum Gasteiger partial charge on any atom is 0.200 e. The van der Waals surface area contributed by atoms with Gasteiger partial charge in [-0.2, -0.15) is 0 Å². The summed E-state index contributed by atoms with van der Waals surface area (Å²) in [4.78, 5) is 30.8. The van der Waals surface area contributed by atoms with Gasteiger partial charge in [0.15, 0.2) is 23.0 Å². The van der Waals surface area contributed by atoms with Crippen LogP contribution < -0.4 is 20.1 Å². The molecule has 8 heteroatoms. The Kier molecular flexibility index (Phi) is 19.1. The quantitative estimate of drug-likeness (QED) is 0.0330. The second-order valence-electron chi connectivity index (χ2n) is 22.7. The second kappa shape index (κ2) is 26.7. The van der Waals surface area contributed by atoms with Gasteiger partial charge in [-0.3, -0.25) is 9.59 Å². The molecule has 8 nitrogen and oxygen atoms in total. The van der Waals surface area contributed by atoms with E-state index in [0.29, 0.717) is 34.7 Å². The third kappa shape index (κ3) is 13.6. The van der Waals surface area contributed by atoms with Gasteiger partial charge in [-0.05, 0) is 160 Å². The predicted octanol–water partition coefficient (Wildman–Crippen LogP) is 19.9. The summed E-state index contributed by atoms with van der Waals surface area (Å²) in [5, 5.41) is 31.4. The number of ketones is 2. The molecule has 0 saturated heterocycles. The van der Waals surface area contributed by atoms with E-state index in [-0.39, 0.29) is 45.1 Å². The van der Waals surface area contributed by atoms with Gasteiger partial charge in [0.25, 0.3) is 0 Å². The Morgan fingerprint density at radius 3 is 1.36 bits per heavy atom. The smallest absolute Gasteiger partial charge is 0.200 e. The van der Waals surface area contributed by atoms with Gasteiger partial charge in [0.1, 0.15) is 11.5 Å². The molecule has 6 aromatic carbocycles. The molecule has 4 N–H and O–H groups in total. The lowest BCUT2D eigenvalue weighted by atomic mass is 9.77. The van der Waals surface area contributed by atoms with Crippen LogP contribution in [-0.2, 0) is 6.42 Å². The van der Waals surface area contributed by atoms with Crippen LogP contribution in [-0.4, -0.2) is 21.8 Å². The lowest BCUT2D eigenvalue weighted by molar-refractivity contribution is 0.0974. The molecule has 0 heterocycles. The number of benzene rings is 6. The first-order valence-corrected chi connectivity index (χ1v) is 29.8. The maximum absolute atomic E-state index is 15.4. The lowest BCUT2D eigenvalue weighted by Crippen LogP contribution is -2.24. The summed E-state index contributed by atoms with van der Waals surface area (Å²) in [6.45, 7) is 8.66. The molecule has 0 aliphatic heterocycles. The number of rotatable bonds is 25. The Balaban J connectivity index is 1.01. The van der Waals surface area contributed by atoms with Crippen LogP contribution in [0.4, 0.5) is 22.7 Å². The number of carbonyl (C=O) groups is 2. The van der Waals surface area contributed by atoms with Gasteiger partial charge < -0.3 is 30.3 Å². The zero-order valence-electron chi connectivity index (χ0n) is 46.5. The number of carbonyl (C=O) groups excluding carboxylic acids is 2. The molecular formula is C69H84N2O6. The van der Waals surface area contributed by atoms with E-state index in [1.165, 1.54) is 145 Å². The molecule has 77 heavy (non-hydrogen) atoms. The van der Waals surface area contributed by atoms with Crippen LogP contribution in [0.15, 0.2) is 109 Å². The fourth-order valence-corrected chi connectivity index (χ4v) is 12.5. The molecule has 0 unspecified atom stereocenters. The zero-order valence-corrected chi connectivity index (χ0v) is 46.5. The Labute approximate surface area is 459 Å². The Bertz CT molecular complexity index is 2910. The van der Waals surface area contributed by atoms with Crippen molar-refractivity contribution in [2.45, 2.75) is 187 Å². The topological polar surface area (TPSA) is 117 Å². The van der Waals surface area contributed by atoms with Crippen molar-refractivity contribution >= 4 is 34.3 Å². The van der Waals surface area contributed by atoms with Crippen molar-refractivity contribution in [1.82, 2.24) is 0 Å². The number of phenols is 2. The lowest BCUT2D eigenvalue weighted by Gasteiger charge is -2.29. The van der Waals surface area contributed by atoms with Gasteiger partial charge in [0.05, 0.1) is 33.6 Å². The number of unbranched alkanes of at least 4 members (excludes halogenated alkanes) is 9. The molecule has 3 aliphatic carbocycles.